The maximum atomic E-state index is 13.8. The molecule has 1 aliphatic carbocycles. The van der Waals surface area contributed by atoms with E-state index in [4.69, 9.17) is 4.74 Å². The molecule has 1 N–H and O–H groups in total. The van der Waals surface area contributed by atoms with E-state index >= 15 is 0 Å². The fourth-order valence-electron chi connectivity index (χ4n) is 4.01. The van der Waals surface area contributed by atoms with Gasteiger partial charge in [0.25, 0.3) is 5.91 Å². The first-order chi connectivity index (χ1) is 16.1. The van der Waals surface area contributed by atoms with Crippen LogP contribution in [-0.4, -0.2) is 20.7 Å². The zero-order valence-electron chi connectivity index (χ0n) is 18.0. The summed E-state index contributed by atoms with van der Waals surface area (Å²) in [6.45, 7) is 0.598. The van der Waals surface area contributed by atoms with Crippen LogP contribution in [0.2, 0.25) is 0 Å². The molecule has 1 heterocycles. The molecule has 4 aromatic rings. The molecule has 0 saturated carbocycles. The number of halogens is 1. The molecule has 7 heteroatoms. The molecule has 3 aromatic carbocycles. The van der Waals surface area contributed by atoms with Gasteiger partial charge >= 0.3 is 0 Å². The maximum Gasteiger partial charge on any atom is 0.258 e. The normalized spacial score (nSPS) is 12.4. The quantitative estimate of drug-likeness (QED) is 0.447. The van der Waals surface area contributed by atoms with Crippen LogP contribution in [0.5, 0.6) is 5.75 Å². The van der Waals surface area contributed by atoms with E-state index in [1.165, 1.54) is 34.6 Å². The van der Waals surface area contributed by atoms with E-state index in [0.29, 0.717) is 17.7 Å². The highest BCUT2D eigenvalue weighted by atomic mass is 19.1. The third-order valence-corrected chi connectivity index (χ3v) is 5.72. The highest BCUT2D eigenvalue weighted by molar-refractivity contribution is 6.03. The van der Waals surface area contributed by atoms with Crippen molar-refractivity contribution in [3.63, 3.8) is 0 Å². The molecule has 0 radical (unpaired) electrons. The summed E-state index contributed by atoms with van der Waals surface area (Å²) in [7, 11) is 0. The molecule has 0 spiro atoms. The molecule has 0 aliphatic heterocycles. The Morgan fingerprint density at radius 2 is 1.91 bits per heavy atom. The van der Waals surface area contributed by atoms with Crippen molar-refractivity contribution in [2.24, 2.45) is 0 Å². The second-order valence-electron chi connectivity index (χ2n) is 8.08. The molecule has 0 bridgehead atoms. The number of rotatable bonds is 7. The lowest BCUT2D eigenvalue weighted by Gasteiger charge is -2.09. The van der Waals surface area contributed by atoms with Crippen LogP contribution >= 0.6 is 0 Å². The first-order valence-corrected chi connectivity index (χ1v) is 10.9. The Kier molecular flexibility index (Phi) is 5.85. The first kappa shape index (κ1) is 20.9. The number of aryl methyl sites for hydroxylation is 2. The van der Waals surface area contributed by atoms with Gasteiger partial charge in [0.05, 0.1) is 6.54 Å². The van der Waals surface area contributed by atoms with Crippen LogP contribution < -0.4 is 10.1 Å². The van der Waals surface area contributed by atoms with Gasteiger partial charge in [-0.3, -0.25) is 10.1 Å². The third-order valence-electron chi connectivity index (χ3n) is 5.72. The van der Waals surface area contributed by atoms with Crippen molar-refractivity contribution in [1.29, 1.82) is 0 Å². The van der Waals surface area contributed by atoms with Crippen LogP contribution in [0.25, 0.3) is 0 Å². The van der Waals surface area contributed by atoms with Gasteiger partial charge in [-0.1, -0.05) is 36.4 Å². The molecule has 0 fully saturated rings. The summed E-state index contributed by atoms with van der Waals surface area (Å²) in [4.78, 5) is 16.8. The van der Waals surface area contributed by atoms with Gasteiger partial charge in [0.15, 0.2) is 0 Å². The molecule has 166 valence electrons. The minimum absolute atomic E-state index is 0.163. The van der Waals surface area contributed by atoms with Crippen LogP contribution in [0.3, 0.4) is 0 Å². The number of hydrogen-bond donors (Lipinski definition) is 1. The number of ether oxygens (including phenoxy) is 1. The van der Waals surface area contributed by atoms with Crippen molar-refractivity contribution >= 4 is 11.9 Å². The predicted molar refractivity (Wildman–Crippen MR) is 123 cm³/mol. The molecule has 33 heavy (non-hydrogen) atoms. The van der Waals surface area contributed by atoms with Crippen LogP contribution in [0.1, 0.15) is 39.0 Å². The van der Waals surface area contributed by atoms with Crippen LogP contribution in [0.15, 0.2) is 73.1 Å². The Bertz CT molecular complexity index is 1300. The Labute approximate surface area is 191 Å². The second-order valence-corrected chi connectivity index (χ2v) is 8.08. The number of amides is 1. The van der Waals surface area contributed by atoms with Gasteiger partial charge in [0.2, 0.25) is 5.95 Å². The number of hydrogen-bond acceptors (Lipinski definition) is 4. The molecule has 0 unspecified atom stereocenters. The van der Waals surface area contributed by atoms with Gasteiger partial charge < -0.3 is 4.74 Å². The number of nitrogens with one attached hydrogen (secondary N) is 1. The van der Waals surface area contributed by atoms with Gasteiger partial charge in [-0.25, -0.2) is 14.1 Å². The van der Waals surface area contributed by atoms with E-state index < -0.39 is 0 Å². The topological polar surface area (TPSA) is 69.0 Å². The average molecular weight is 442 g/mol. The van der Waals surface area contributed by atoms with Crippen molar-refractivity contribution in [2.45, 2.75) is 32.4 Å². The lowest BCUT2D eigenvalue weighted by molar-refractivity contribution is 0.102. The number of benzene rings is 3. The summed E-state index contributed by atoms with van der Waals surface area (Å²) in [6, 6.07) is 20.0. The average Bonchev–Trinajstić information content (AvgIpc) is 3.48. The van der Waals surface area contributed by atoms with Crippen molar-refractivity contribution < 1.29 is 13.9 Å². The molecule has 0 saturated heterocycles. The molecule has 6 nitrogen and oxygen atoms in total. The van der Waals surface area contributed by atoms with Crippen molar-refractivity contribution in [3.05, 3.63) is 107 Å². The van der Waals surface area contributed by atoms with E-state index in [-0.39, 0.29) is 24.2 Å². The fraction of sp³-hybridized carbons (Fsp3) is 0.192. The number of carbonyl (C=O) groups excluding carboxylic acids is 1. The summed E-state index contributed by atoms with van der Waals surface area (Å²) in [6.07, 6.45) is 4.91. The number of nitrogens with zero attached hydrogens (tertiary/aromatic N) is 3. The van der Waals surface area contributed by atoms with E-state index in [9.17, 15) is 9.18 Å². The molecule has 1 aromatic heterocycles. The molecule has 0 atom stereocenters. The molecular formula is C26H23FN4O2. The van der Waals surface area contributed by atoms with Gasteiger partial charge in [-0.15, -0.1) is 5.10 Å². The molecule has 5 rings (SSSR count). The Balaban J connectivity index is 1.20. The van der Waals surface area contributed by atoms with Crippen molar-refractivity contribution in [1.82, 2.24) is 14.8 Å². The number of fused-ring (bicyclic) bond motifs is 1. The standard InChI is InChI=1S/C26H23FN4O2/c27-24-10-2-1-6-22(24)15-31-17-28-26(30-31)29-25(32)21-9-3-5-18(13-21)16-33-23-12-11-19-7-4-8-20(19)14-23/h1-3,5-6,9-14,17H,4,7-8,15-16H2,(H,29,30,32). The monoisotopic (exact) mass is 442 g/mol. The minimum atomic E-state index is -0.321. The van der Waals surface area contributed by atoms with E-state index in [2.05, 4.69) is 27.5 Å². The van der Waals surface area contributed by atoms with Gasteiger partial charge in [-0.05, 0) is 66.3 Å². The SMILES string of the molecule is O=C(Nc1ncn(Cc2ccccc2F)n1)c1cccc(COc2ccc3c(c2)CCC3)c1. The van der Waals surface area contributed by atoms with E-state index in [1.54, 1.807) is 30.3 Å². The largest absolute Gasteiger partial charge is 0.489 e. The van der Waals surface area contributed by atoms with Gasteiger partial charge in [-0.2, -0.15) is 0 Å². The van der Waals surface area contributed by atoms with Crippen LogP contribution in [-0.2, 0) is 26.0 Å². The summed E-state index contributed by atoms with van der Waals surface area (Å²) in [5.74, 6) is 0.377. The number of aromatic nitrogens is 3. The lowest BCUT2D eigenvalue weighted by atomic mass is 10.1. The summed E-state index contributed by atoms with van der Waals surface area (Å²) < 4.78 is 21.3. The summed E-state index contributed by atoms with van der Waals surface area (Å²) >= 11 is 0. The van der Waals surface area contributed by atoms with Gasteiger partial charge in [0.1, 0.15) is 24.5 Å². The Hall–Kier alpha value is -4.00. The predicted octanol–water partition coefficient (Wildman–Crippen LogP) is 4.79. The van der Waals surface area contributed by atoms with Crippen LogP contribution in [0, 0.1) is 5.82 Å². The third kappa shape index (κ3) is 4.92. The molecule has 1 aliphatic rings. The fourth-order valence-corrected chi connectivity index (χ4v) is 4.01. The zero-order chi connectivity index (χ0) is 22.6. The lowest BCUT2D eigenvalue weighted by Crippen LogP contribution is -2.14. The van der Waals surface area contributed by atoms with Crippen LogP contribution in [0.4, 0.5) is 10.3 Å². The Morgan fingerprint density at radius 1 is 1.03 bits per heavy atom. The van der Waals surface area contributed by atoms with Crippen molar-refractivity contribution in [3.8, 4) is 5.75 Å². The number of carbonyl (C=O) groups is 1. The minimum Gasteiger partial charge on any atom is -0.489 e. The van der Waals surface area contributed by atoms with Gasteiger partial charge in [0, 0.05) is 11.1 Å². The molecule has 1 amide bonds. The molecular weight excluding hydrogens is 419 g/mol. The first-order valence-electron chi connectivity index (χ1n) is 10.9. The maximum absolute atomic E-state index is 13.8. The zero-order valence-corrected chi connectivity index (χ0v) is 18.0. The second kappa shape index (κ2) is 9.24. The van der Waals surface area contributed by atoms with E-state index in [1.807, 2.05) is 18.2 Å². The summed E-state index contributed by atoms with van der Waals surface area (Å²) in [5, 5.41) is 6.91. The highest BCUT2D eigenvalue weighted by Crippen LogP contribution is 2.26. The van der Waals surface area contributed by atoms with E-state index in [0.717, 1.165) is 24.2 Å². The summed E-state index contributed by atoms with van der Waals surface area (Å²) in [5.41, 5.74) is 4.64. The van der Waals surface area contributed by atoms with Crippen molar-refractivity contribution in [2.75, 3.05) is 5.32 Å². The smallest absolute Gasteiger partial charge is 0.258 e. The number of anilines is 1. The Morgan fingerprint density at radius 3 is 2.82 bits per heavy atom. The highest BCUT2D eigenvalue weighted by Gasteiger charge is 2.13.